The number of hydrogen-bond donors (Lipinski definition) is 1. The number of amides is 1. The summed E-state index contributed by atoms with van der Waals surface area (Å²) < 4.78 is 40.9. The molecule has 3 heterocycles. The van der Waals surface area contributed by atoms with Crippen molar-refractivity contribution in [2.45, 2.75) is 26.6 Å². The molecule has 1 N–H and O–H groups in total. The first-order valence-electron chi connectivity index (χ1n) is 8.18. The van der Waals surface area contributed by atoms with Crippen molar-refractivity contribution in [2.75, 3.05) is 6.54 Å². The summed E-state index contributed by atoms with van der Waals surface area (Å²) in [6.07, 6.45) is -4.70. The Labute approximate surface area is 169 Å². The van der Waals surface area contributed by atoms with E-state index in [4.69, 9.17) is 11.6 Å². The molecule has 1 amide bonds. The van der Waals surface area contributed by atoms with Gasteiger partial charge in [-0.05, 0) is 6.92 Å². The van der Waals surface area contributed by atoms with E-state index in [1.54, 1.807) is 6.92 Å². The molecule has 0 aliphatic heterocycles. The molecule has 0 radical (unpaired) electrons. The maximum Gasteiger partial charge on any atom is 0.433 e. The van der Waals surface area contributed by atoms with Gasteiger partial charge in [-0.15, -0.1) is 0 Å². The van der Waals surface area contributed by atoms with Gasteiger partial charge in [0.15, 0.2) is 15.9 Å². The average Bonchev–Trinajstić information content (AvgIpc) is 3.16. The van der Waals surface area contributed by atoms with Gasteiger partial charge in [-0.2, -0.15) is 18.3 Å². The first-order valence-corrected chi connectivity index (χ1v) is 9.37. The Morgan fingerprint density at radius 2 is 2.00 bits per heavy atom. The van der Waals surface area contributed by atoms with Gasteiger partial charge in [0.25, 0.3) is 11.5 Å². The van der Waals surface area contributed by atoms with E-state index >= 15 is 0 Å². The fraction of sp³-hybridized carbons (Fsp3) is 0.312. The Hall–Kier alpha value is -2.73. The van der Waals surface area contributed by atoms with Crippen molar-refractivity contribution in [3.05, 3.63) is 49.6 Å². The third-order valence-corrected chi connectivity index (χ3v) is 5.12. The lowest BCUT2D eigenvalue weighted by Gasteiger charge is -2.10. The quantitative estimate of drug-likeness (QED) is 0.606. The van der Waals surface area contributed by atoms with Crippen LogP contribution in [-0.4, -0.2) is 37.4 Å². The van der Waals surface area contributed by atoms with Crippen molar-refractivity contribution < 1.29 is 22.8 Å². The molecular weight excluding hydrogens is 435 g/mol. The highest BCUT2D eigenvalue weighted by Crippen LogP contribution is 2.31. The zero-order valence-electron chi connectivity index (χ0n) is 15.0. The second-order valence-corrected chi connectivity index (χ2v) is 7.27. The lowest BCUT2D eigenvalue weighted by molar-refractivity contribution is -0.144. The van der Waals surface area contributed by atoms with E-state index in [9.17, 15) is 27.6 Å². The van der Waals surface area contributed by atoms with Gasteiger partial charge in [-0.3, -0.25) is 19.1 Å². The van der Waals surface area contributed by atoms with Gasteiger partial charge >= 0.3 is 6.18 Å². The summed E-state index contributed by atoms with van der Waals surface area (Å²) in [7, 11) is 0. The number of aromatic nitrogens is 4. The van der Waals surface area contributed by atoms with Crippen LogP contribution in [0.15, 0.2) is 16.9 Å². The number of rotatable bonds is 5. The van der Waals surface area contributed by atoms with Crippen LogP contribution in [0.3, 0.4) is 0 Å². The Kier molecular flexibility index (Phi) is 5.50. The third-order valence-electron chi connectivity index (χ3n) is 3.80. The Bertz CT molecular complexity index is 1180. The summed E-state index contributed by atoms with van der Waals surface area (Å²) >= 11 is 6.39. The van der Waals surface area contributed by atoms with E-state index in [2.05, 4.69) is 15.4 Å². The fourth-order valence-electron chi connectivity index (χ4n) is 2.68. The number of nitrogens with zero attached hydrogens (tertiary/aromatic N) is 4. The molecule has 0 bridgehead atoms. The van der Waals surface area contributed by atoms with Crippen molar-refractivity contribution in [1.29, 1.82) is 0 Å². The minimum atomic E-state index is -4.70. The lowest BCUT2D eigenvalue weighted by atomic mass is 10.2. The van der Waals surface area contributed by atoms with Gasteiger partial charge in [0, 0.05) is 25.6 Å². The van der Waals surface area contributed by atoms with E-state index in [0.717, 1.165) is 21.8 Å². The summed E-state index contributed by atoms with van der Waals surface area (Å²) in [5, 5.41) is 5.74. The number of hydrogen-bond acceptors (Lipinski definition) is 6. The second-order valence-electron chi connectivity index (χ2n) is 5.91. The van der Waals surface area contributed by atoms with Gasteiger partial charge in [0.1, 0.15) is 16.3 Å². The number of nitrogens with one attached hydrogen (secondary N) is 1. The van der Waals surface area contributed by atoms with Crippen LogP contribution in [0, 0.1) is 0 Å². The normalized spacial score (nSPS) is 11.8. The van der Waals surface area contributed by atoms with Crippen LogP contribution in [-0.2, 0) is 12.7 Å². The van der Waals surface area contributed by atoms with E-state index < -0.39 is 35.7 Å². The average molecular weight is 448 g/mol. The smallest absolute Gasteiger partial charge is 0.351 e. The van der Waals surface area contributed by atoms with Crippen LogP contribution < -0.4 is 10.9 Å². The van der Waals surface area contributed by atoms with Crippen LogP contribution in [0.4, 0.5) is 13.2 Å². The summed E-state index contributed by atoms with van der Waals surface area (Å²) in [5.74, 6) is -1.07. The molecule has 154 valence electrons. The van der Waals surface area contributed by atoms with Crippen molar-refractivity contribution in [3.8, 4) is 0 Å². The first-order chi connectivity index (χ1) is 13.5. The van der Waals surface area contributed by atoms with Gasteiger partial charge in [-0.1, -0.05) is 22.9 Å². The molecule has 3 rings (SSSR count). The van der Waals surface area contributed by atoms with Crippen LogP contribution in [0.1, 0.15) is 45.4 Å². The highest BCUT2D eigenvalue weighted by molar-refractivity contribution is 7.19. The van der Waals surface area contributed by atoms with Crippen LogP contribution in [0.5, 0.6) is 0 Å². The number of carbonyl (C=O) groups excluding carboxylic acids is 2. The standard InChI is InChI=1S/C16H13ClF3N5O3S/c1-3-21-14(28)12-13(7(2)26)29-15-22-8(4-11(27)25(12)15)6-24-9(16(18,19)20)5-10(17)23-24/h4-5H,3,6H2,1-2H3,(H,21,28). The molecular formula is C16H13ClF3N5O3S. The molecule has 0 saturated carbocycles. The number of halogens is 4. The third kappa shape index (κ3) is 4.03. The van der Waals surface area contributed by atoms with E-state index in [1.807, 2.05) is 0 Å². The number of ketones is 1. The molecule has 0 saturated heterocycles. The fourth-order valence-corrected chi connectivity index (χ4v) is 3.92. The molecule has 8 nitrogen and oxygen atoms in total. The van der Waals surface area contributed by atoms with Gasteiger partial charge in [-0.25, -0.2) is 9.38 Å². The molecule has 0 atom stereocenters. The molecule has 0 aliphatic rings. The lowest BCUT2D eigenvalue weighted by Crippen LogP contribution is -2.29. The highest BCUT2D eigenvalue weighted by Gasteiger charge is 2.36. The van der Waals surface area contributed by atoms with Crippen molar-refractivity contribution in [2.24, 2.45) is 0 Å². The highest BCUT2D eigenvalue weighted by atomic mass is 35.5. The molecule has 29 heavy (non-hydrogen) atoms. The van der Waals surface area contributed by atoms with Gasteiger partial charge in [0.05, 0.1) is 12.2 Å². The Morgan fingerprint density at radius 1 is 1.31 bits per heavy atom. The molecule has 0 unspecified atom stereocenters. The monoisotopic (exact) mass is 447 g/mol. The minimum absolute atomic E-state index is 0.00534. The molecule has 0 aromatic carbocycles. The molecule has 0 spiro atoms. The topological polar surface area (TPSA) is 98.4 Å². The Balaban J connectivity index is 2.14. The number of fused-ring (bicyclic) bond motifs is 1. The number of thiazole rings is 1. The van der Waals surface area contributed by atoms with Crippen molar-refractivity contribution >= 4 is 39.6 Å². The van der Waals surface area contributed by atoms with Gasteiger partial charge < -0.3 is 5.32 Å². The number of alkyl halides is 3. The predicted molar refractivity (Wildman–Crippen MR) is 98.7 cm³/mol. The van der Waals surface area contributed by atoms with Crippen molar-refractivity contribution in [1.82, 2.24) is 24.5 Å². The zero-order chi connectivity index (χ0) is 21.5. The summed E-state index contributed by atoms with van der Waals surface area (Å²) in [6.45, 7) is 2.71. The molecule has 0 aliphatic carbocycles. The summed E-state index contributed by atoms with van der Waals surface area (Å²) in [6, 6.07) is 1.65. The van der Waals surface area contributed by atoms with E-state index in [0.29, 0.717) is 10.7 Å². The molecule has 3 aromatic heterocycles. The Morgan fingerprint density at radius 3 is 2.59 bits per heavy atom. The van der Waals surface area contributed by atoms with E-state index in [-0.39, 0.29) is 32.9 Å². The molecule has 13 heteroatoms. The minimum Gasteiger partial charge on any atom is -0.351 e. The van der Waals surface area contributed by atoms with Crippen LogP contribution in [0.25, 0.3) is 4.96 Å². The summed E-state index contributed by atoms with van der Waals surface area (Å²) in [5.41, 5.74) is -1.98. The maximum atomic E-state index is 13.1. The van der Waals surface area contributed by atoms with Crippen molar-refractivity contribution in [3.63, 3.8) is 0 Å². The summed E-state index contributed by atoms with van der Waals surface area (Å²) in [4.78, 5) is 41.0. The molecule has 0 fully saturated rings. The number of Topliss-reactive ketones (excluding diaryl/α,β-unsaturated/α-hetero) is 1. The van der Waals surface area contributed by atoms with Gasteiger partial charge in [0.2, 0.25) is 0 Å². The first kappa shape index (κ1) is 21.0. The maximum absolute atomic E-state index is 13.1. The largest absolute Gasteiger partial charge is 0.433 e. The predicted octanol–water partition coefficient (Wildman–Crippen LogP) is 2.63. The molecule has 3 aromatic rings. The van der Waals surface area contributed by atoms with E-state index in [1.165, 1.54) is 6.92 Å². The number of carbonyl (C=O) groups is 2. The zero-order valence-corrected chi connectivity index (χ0v) is 16.6. The second kappa shape index (κ2) is 7.59. The van der Waals surface area contributed by atoms with Crippen LogP contribution >= 0.6 is 22.9 Å². The van der Waals surface area contributed by atoms with Crippen LogP contribution in [0.2, 0.25) is 5.15 Å². The SMILES string of the molecule is CCNC(=O)c1c(C(C)=O)sc2nc(Cn3nc(Cl)cc3C(F)(F)F)cc(=O)n12.